The van der Waals surface area contributed by atoms with E-state index in [0.717, 1.165) is 16.7 Å². The molecule has 1 nitrogen and oxygen atoms in total. The smallest absolute Gasteiger partial charge is 0.126 e. The Bertz CT molecular complexity index is 527. The van der Waals surface area contributed by atoms with Crippen LogP contribution < -0.4 is 0 Å². The molecule has 16 heavy (non-hydrogen) atoms. The summed E-state index contributed by atoms with van der Waals surface area (Å²) in [4.78, 5) is 0. The fourth-order valence-corrected chi connectivity index (χ4v) is 1.99. The van der Waals surface area contributed by atoms with Crippen LogP contribution in [0, 0.1) is 20.8 Å². The number of hydrogen-bond donors (Lipinski definition) is 1. The molecule has 0 amide bonds. The first kappa shape index (κ1) is 10.7. The van der Waals surface area contributed by atoms with Gasteiger partial charge in [0.15, 0.2) is 0 Å². The second-order valence-corrected chi connectivity index (χ2v) is 4.29. The lowest BCUT2D eigenvalue weighted by Gasteiger charge is -2.10. The molecule has 0 radical (unpaired) electrons. The zero-order chi connectivity index (χ0) is 11.7. The SMILES string of the molecule is Cc1ccc(-c2cccc(C)c2O)c(C)c1. The molecule has 0 saturated carbocycles. The first-order valence-electron chi connectivity index (χ1n) is 5.46. The third-order valence-electron chi connectivity index (χ3n) is 2.91. The van der Waals surface area contributed by atoms with Gasteiger partial charge in [0.2, 0.25) is 0 Å². The van der Waals surface area contributed by atoms with Gasteiger partial charge in [-0.2, -0.15) is 0 Å². The molecule has 1 heteroatoms. The summed E-state index contributed by atoms with van der Waals surface area (Å²) in [6, 6.07) is 12.1. The van der Waals surface area contributed by atoms with E-state index < -0.39 is 0 Å². The predicted octanol–water partition coefficient (Wildman–Crippen LogP) is 3.98. The standard InChI is InChI=1S/C15H16O/c1-10-7-8-13(12(3)9-10)14-6-4-5-11(2)15(14)16/h4-9,16H,1-3H3. The molecule has 0 fully saturated rings. The molecule has 0 unspecified atom stereocenters. The van der Waals surface area contributed by atoms with Gasteiger partial charge in [-0.1, -0.05) is 42.0 Å². The van der Waals surface area contributed by atoms with Crippen molar-refractivity contribution >= 4 is 0 Å². The Labute approximate surface area is 96.4 Å². The van der Waals surface area contributed by atoms with Crippen LogP contribution in [0.4, 0.5) is 0 Å². The summed E-state index contributed by atoms with van der Waals surface area (Å²) in [5.74, 6) is 0.384. The Morgan fingerprint density at radius 3 is 2.25 bits per heavy atom. The summed E-state index contributed by atoms with van der Waals surface area (Å²) in [6.07, 6.45) is 0. The van der Waals surface area contributed by atoms with Gasteiger partial charge >= 0.3 is 0 Å². The van der Waals surface area contributed by atoms with Crippen molar-refractivity contribution in [3.05, 3.63) is 53.1 Å². The highest BCUT2D eigenvalue weighted by molar-refractivity contribution is 5.74. The number of rotatable bonds is 1. The van der Waals surface area contributed by atoms with Gasteiger partial charge in [0.25, 0.3) is 0 Å². The minimum atomic E-state index is 0.384. The third-order valence-corrected chi connectivity index (χ3v) is 2.91. The van der Waals surface area contributed by atoms with Gasteiger partial charge in [-0.05, 0) is 37.5 Å². The maximum atomic E-state index is 10.0. The van der Waals surface area contributed by atoms with Gasteiger partial charge in [-0.25, -0.2) is 0 Å². The molecule has 0 bridgehead atoms. The monoisotopic (exact) mass is 212 g/mol. The summed E-state index contributed by atoms with van der Waals surface area (Å²) < 4.78 is 0. The molecule has 2 rings (SSSR count). The van der Waals surface area contributed by atoms with E-state index in [9.17, 15) is 5.11 Å². The normalized spacial score (nSPS) is 10.4. The average Bonchev–Trinajstić information content (AvgIpc) is 2.23. The number of benzene rings is 2. The van der Waals surface area contributed by atoms with E-state index in [4.69, 9.17) is 0 Å². The molecule has 0 atom stereocenters. The molecule has 82 valence electrons. The lowest BCUT2D eigenvalue weighted by atomic mass is 9.96. The van der Waals surface area contributed by atoms with Crippen LogP contribution in [0.5, 0.6) is 5.75 Å². The van der Waals surface area contributed by atoms with E-state index in [0.29, 0.717) is 5.75 Å². The van der Waals surface area contributed by atoms with E-state index >= 15 is 0 Å². The first-order valence-corrected chi connectivity index (χ1v) is 5.46. The Morgan fingerprint density at radius 2 is 1.56 bits per heavy atom. The minimum absolute atomic E-state index is 0.384. The van der Waals surface area contributed by atoms with Crippen molar-refractivity contribution in [2.45, 2.75) is 20.8 Å². The van der Waals surface area contributed by atoms with E-state index in [2.05, 4.69) is 32.0 Å². The zero-order valence-electron chi connectivity index (χ0n) is 9.91. The Morgan fingerprint density at radius 1 is 0.812 bits per heavy atom. The van der Waals surface area contributed by atoms with Crippen molar-refractivity contribution < 1.29 is 5.11 Å². The summed E-state index contributed by atoms with van der Waals surface area (Å²) in [5, 5.41) is 10.0. The fourth-order valence-electron chi connectivity index (χ4n) is 1.99. The second-order valence-electron chi connectivity index (χ2n) is 4.29. The molecule has 0 aliphatic heterocycles. The van der Waals surface area contributed by atoms with Crippen molar-refractivity contribution in [2.75, 3.05) is 0 Å². The third kappa shape index (κ3) is 1.81. The van der Waals surface area contributed by atoms with Gasteiger partial charge in [-0.3, -0.25) is 0 Å². The molecular formula is C15H16O. The van der Waals surface area contributed by atoms with Gasteiger partial charge in [-0.15, -0.1) is 0 Å². The number of aryl methyl sites for hydroxylation is 3. The molecule has 0 saturated heterocycles. The van der Waals surface area contributed by atoms with Crippen LogP contribution in [-0.2, 0) is 0 Å². The van der Waals surface area contributed by atoms with Crippen molar-refractivity contribution in [2.24, 2.45) is 0 Å². The lowest BCUT2D eigenvalue weighted by molar-refractivity contribution is 0.473. The maximum Gasteiger partial charge on any atom is 0.126 e. The summed E-state index contributed by atoms with van der Waals surface area (Å²) in [7, 11) is 0. The van der Waals surface area contributed by atoms with E-state index in [1.54, 1.807) is 0 Å². The molecule has 0 spiro atoms. The van der Waals surface area contributed by atoms with Gasteiger partial charge in [0.1, 0.15) is 5.75 Å². The van der Waals surface area contributed by atoms with Crippen LogP contribution >= 0.6 is 0 Å². The van der Waals surface area contributed by atoms with Crippen molar-refractivity contribution in [1.82, 2.24) is 0 Å². The topological polar surface area (TPSA) is 20.2 Å². The van der Waals surface area contributed by atoms with Crippen LogP contribution in [0.15, 0.2) is 36.4 Å². The number of para-hydroxylation sites is 1. The molecule has 0 aromatic heterocycles. The van der Waals surface area contributed by atoms with Crippen molar-refractivity contribution in [3.63, 3.8) is 0 Å². The Kier molecular flexibility index (Phi) is 2.69. The highest BCUT2D eigenvalue weighted by Gasteiger charge is 2.08. The summed E-state index contributed by atoms with van der Waals surface area (Å²) in [6.45, 7) is 6.07. The quantitative estimate of drug-likeness (QED) is 0.758. The van der Waals surface area contributed by atoms with Gasteiger partial charge in [0, 0.05) is 5.56 Å². The molecule has 1 N–H and O–H groups in total. The molecule has 2 aromatic carbocycles. The highest BCUT2D eigenvalue weighted by Crippen LogP contribution is 2.33. The van der Waals surface area contributed by atoms with E-state index in [-0.39, 0.29) is 0 Å². The van der Waals surface area contributed by atoms with Crippen molar-refractivity contribution in [3.8, 4) is 16.9 Å². The second kappa shape index (κ2) is 4.01. The molecule has 0 heterocycles. The highest BCUT2D eigenvalue weighted by atomic mass is 16.3. The number of hydrogen-bond acceptors (Lipinski definition) is 1. The van der Waals surface area contributed by atoms with Crippen LogP contribution in [0.3, 0.4) is 0 Å². The first-order chi connectivity index (χ1) is 7.59. The van der Waals surface area contributed by atoms with Gasteiger partial charge in [0.05, 0.1) is 0 Å². The molecule has 0 aliphatic carbocycles. The summed E-state index contributed by atoms with van der Waals surface area (Å²) >= 11 is 0. The van der Waals surface area contributed by atoms with Crippen LogP contribution in [0.25, 0.3) is 11.1 Å². The van der Waals surface area contributed by atoms with Crippen LogP contribution in [-0.4, -0.2) is 5.11 Å². The average molecular weight is 212 g/mol. The minimum Gasteiger partial charge on any atom is -0.507 e. The van der Waals surface area contributed by atoms with E-state index in [1.807, 2.05) is 25.1 Å². The maximum absolute atomic E-state index is 10.0. The summed E-state index contributed by atoms with van der Waals surface area (Å²) in [5.41, 5.74) is 5.37. The van der Waals surface area contributed by atoms with Gasteiger partial charge < -0.3 is 5.11 Å². The molecule has 0 aliphatic rings. The largest absolute Gasteiger partial charge is 0.507 e. The predicted molar refractivity (Wildman–Crippen MR) is 67.8 cm³/mol. The Balaban J connectivity index is 2.63. The van der Waals surface area contributed by atoms with Crippen LogP contribution in [0.2, 0.25) is 0 Å². The molecule has 2 aromatic rings. The lowest BCUT2D eigenvalue weighted by Crippen LogP contribution is -1.86. The van der Waals surface area contributed by atoms with Crippen molar-refractivity contribution in [1.29, 1.82) is 0 Å². The number of phenolic OH excluding ortho intramolecular Hbond substituents is 1. The Hall–Kier alpha value is -1.76. The van der Waals surface area contributed by atoms with Crippen LogP contribution in [0.1, 0.15) is 16.7 Å². The number of aromatic hydroxyl groups is 1. The molecular weight excluding hydrogens is 196 g/mol. The zero-order valence-corrected chi connectivity index (χ0v) is 9.91. The van der Waals surface area contributed by atoms with E-state index in [1.165, 1.54) is 11.1 Å². The number of phenols is 1. The fraction of sp³-hybridized carbons (Fsp3) is 0.200.